The van der Waals surface area contributed by atoms with Gasteiger partial charge in [-0.2, -0.15) is 0 Å². The van der Waals surface area contributed by atoms with E-state index in [0.717, 1.165) is 11.5 Å². The van der Waals surface area contributed by atoms with Crippen molar-refractivity contribution in [3.05, 3.63) is 17.6 Å². The van der Waals surface area contributed by atoms with Crippen molar-refractivity contribution in [2.45, 2.75) is 71.3 Å². The predicted octanol–water partition coefficient (Wildman–Crippen LogP) is 4.01. The number of rotatable bonds is 4. The number of nitrogens with zero attached hydrogens (tertiary/aromatic N) is 2. The van der Waals surface area contributed by atoms with Crippen LogP contribution in [0.15, 0.2) is 6.07 Å². The molecule has 2 rings (SSSR count). The molecule has 1 unspecified atom stereocenters. The third-order valence-corrected chi connectivity index (χ3v) is 4.21. The summed E-state index contributed by atoms with van der Waals surface area (Å²) in [5.74, 6) is 1.84. The molecule has 1 saturated carbocycles. The lowest BCUT2D eigenvalue weighted by atomic mass is 9.84. The molecule has 2 N–H and O–H groups in total. The van der Waals surface area contributed by atoms with Gasteiger partial charge in [-0.05, 0) is 25.7 Å². The van der Waals surface area contributed by atoms with Crippen molar-refractivity contribution in [3.63, 3.8) is 0 Å². The molecule has 0 aliphatic heterocycles. The average Bonchev–Trinajstić information content (AvgIpc) is 2.44. The summed E-state index contributed by atoms with van der Waals surface area (Å²) in [6, 6.07) is 1.88. The van der Waals surface area contributed by atoms with Crippen LogP contribution in [0.5, 0.6) is 0 Å². The standard InChI is InChI=1S/C17H29N3O/c1-5-21-15(12-9-7-6-8-10-12)16-19-13(17(2,3)4)11-14(18)20-16/h11-12,15H,5-10H2,1-4H3,(H2,18,19,20). The maximum atomic E-state index is 6.01. The molecular weight excluding hydrogens is 262 g/mol. The van der Waals surface area contributed by atoms with Gasteiger partial charge >= 0.3 is 0 Å². The Kier molecular flexibility index (Phi) is 5.20. The summed E-state index contributed by atoms with van der Waals surface area (Å²) in [6.07, 6.45) is 6.28. The fourth-order valence-corrected chi connectivity index (χ4v) is 3.03. The molecule has 1 heterocycles. The highest BCUT2D eigenvalue weighted by Gasteiger charge is 2.29. The van der Waals surface area contributed by atoms with Gasteiger partial charge in [0, 0.05) is 18.1 Å². The molecule has 0 aromatic carbocycles. The Morgan fingerprint density at radius 2 is 1.90 bits per heavy atom. The van der Waals surface area contributed by atoms with Crippen LogP contribution >= 0.6 is 0 Å². The topological polar surface area (TPSA) is 61.0 Å². The molecule has 1 atom stereocenters. The summed E-state index contributed by atoms with van der Waals surface area (Å²) in [4.78, 5) is 9.27. The fourth-order valence-electron chi connectivity index (χ4n) is 3.03. The number of anilines is 1. The molecule has 0 radical (unpaired) electrons. The SMILES string of the molecule is CCOC(c1nc(N)cc(C(C)(C)C)n1)C1CCCCC1. The van der Waals surface area contributed by atoms with E-state index < -0.39 is 0 Å². The Morgan fingerprint density at radius 1 is 1.24 bits per heavy atom. The molecule has 0 saturated heterocycles. The zero-order valence-electron chi connectivity index (χ0n) is 13.9. The second-order valence-corrected chi connectivity index (χ2v) is 7.06. The van der Waals surface area contributed by atoms with Gasteiger partial charge in [-0.15, -0.1) is 0 Å². The van der Waals surface area contributed by atoms with Gasteiger partial charge < -0.3 is 10.5 Å². The first-order chi connectivity index (χ1) is 9.91. The second kappa shape index (κ2) is 6.73. The third kappa shape index (κ3) is 4.16. The number of nitrogen functional groups attached to an aromatic ring is 1. The van der Waals surface area contributed by atoms with E-state index in [-0.39, 0.29) is 11.5 Å². The van der Waals surface area contributed by atoms with Crippen molar-refractivity contribution >= 4 is 5.82 Å². The summed E-state index contributed by atoms with van der Waals surface area (Å²) in [5.41, 5.74) is 6.97. The smallest absolute Gasteiger partial charge is 0.160 e. The van der Waals surface area contributed by atoms with Gasteiger partial charge in [-0.1, -0.05) is 40.0 Å². The fraction of sp³-hybridized carbons (Fsp3) is 0.765. The van der Waals surface area contributed by atoms with Crippen LogP contribution in [-0.4, -0.2) is 16.6 Å². The lowest BCUT2D eigenvalue weighted by Gasteiger charge is -2.30. The average molecular weight is 291 g/mol. The van der Waals surface area contributed by atoms with E-state index in [4.69, 9.17) is 15.5 Å². The highest BCUT2D eigenvalue weighted by Crippen LogP contribution is 2.36. The highest BCUT2D eigenvalue weighted by molar-refractivity contribution is 5.33. The molecule has 1 aromatic heterocycles. The normalized spacial score (nSPS) is 18.7. The van der Waals surface area contributed by atoms with Crippen molar-refractivity contribution < 1.29 is 4.74 Å². The monoisotopic (exact) mass is 291 g/mol. The van der Waals surface area contributed by atoms with Crippen LogP contribution in [0.2, 0.25) is 0 Å². The lowest BCUT2D eigenvalue weighted by molar-refractivity contribution is -0.000323. The zero-order valence-corrected chi connectivity index (χ0v) is 13.9. The Bertz CT molecular complexity index is 462. The molecule has 1 aromatic rings. The van der Waals surface area contributed by atoms with E-state index >= 15 is 0 Å². The number of hydrogen-bond donors (Lipinski definition) is 1. The largest absolute Gasteiger partial charge is 0.384 e. The van der Waals surface area contributed by atoms with Crippen molar-refractivity contribution in [2.75, 3.05) is 12.3 Å². The minimum absolute atomic E-state index is 0.0140. The highest BCUT2D eigenvalue weighted by atomic mass is 16.5. The number of hydrogen-bond acceptors (Lipinski definition) is 4. The quantitative estimate of drug-likeness (QED) is 0.910. The molecule has 118 valence electrons. The first-order valence-electron chi connectivity index (χ1n) is 8.18. The first-order valence-corrected chi connectivity index (χ1v) is 8.18. The number of ether oxygens (including phenoxy) is 1. The van der Waals surface area contributed by atoms with Crippen molar-refractivity contribution in [3.8, 4) is 0 Å². The summed E-state index contributed by atoms with van der Waals surface area (Å²) < 4.78 is 6.01. The first kappa shape index (κ1) is 16.2. The van der Waals surface area contributed by atoms with Crippen molar-refractivity contribution in [1.29, 1.82) is 0 Å². The van der Waals surface area contributed by atoms with Crippen LogP contribution in [0.4, 0.5) is 5.82 Å². The second-order valence-electron chi connectivity index (χ2n) is 7.06. The Hall–Kier alpha value is -1.16. The van der Waals surface area contributed by atoms with Crippen LogP contribution in [0.25, 0.3) is 0 Å². The zero-order chi connectivity index (χ0) is 15.5. The van der Waals surface area contributed by atoms with Gasteiger partial charge in [-0.25, -0.2) is 9.97 Å². The van der Waals surface area contributed by atoms with Crippen LogP contribution in [-0.2, 0) is 10.2 Å². The molecule has 1 fully saturated rings. The molecular formula is C17H29N3O. The minimum Gasteiger partial charge on any atom is -0.384 e. The van der Waals surface area contributed by atoms with Crippen LogP contribution in [0.1, 0.15) is 77.4 Å². The molecule has 0 spiro atoms. The van der Waals surface area contributed by atoms with Crippen LogP contribution in [0, 0.1) is 5.92 Å². The maximum absolute atomic E-state index is 6.01. The molecule has 0 bridgehead atoms. The van der Waals surface area contributed by atoms with Crippen molar-refractivity contribution in [2.24, 2.45) is 5.92 Å². The van der Waals surface area contributed by atoms with Gasteiger partial charge in [0.05, 0.1) is 5.69 Å². The summed E-state index contributed by atoms with van der Waals surface area (Å²) in [7, 11) is 0. The minimum atomic E-state index is -0.0326. The Morgan fingerprint density at radius 3 is 2.48 bits per heavy atom. The van der Waals surface area contributed by atoms with E-state index in [2.05, 4.69) is 25.8 Å². The molecule has 4 heteroatoms. The molecule has 1 aliphatic rings. The summed E-state index contributed by atoms with van der Waals surface area (Å²) in [5, 5.41) is 0. The number of nitrogens with two attached hydrogens (primary N) is 1. The van der Waals surface area contributed by atoms with E-state index in [1.165, 1.54) is 32.1 Å². The van der Waals surface area contributed by atoms with E-state index in [0.29, 0.717) is 18.3 Å². The summed E-state index contributed by atoms with van der Waals surface area (Å²) in [6.45, 7) is 9.16. The van der Waals surface area contributed by atoms with E-state index in [1.807, 2.05) is 13.0 Å². The van der Waals surface area contributed by atoms with Gasteiger partial charge in [0.1, 0.15) is 11.9 Å². The van der Waals surface area contributed by atoms with Gasteiger partial charge in [-0.3, -0.25) is 0 Å². The third-order valence-electron chi connectivity index (χ3n) is 4.21. The van der Waals surface area contributed by atoms with E-state index in [9.17, 15) is 0 Å². The molecule has 0 amide bonds. The Labute approximate surface area is 128 Å². The molecule has 4 nitrogen and oxygen atoms in total. The van der Waals surface area contributed by atoms with Crippen LogP contribution in [0.3, 0.4) is 0 Å². The van der Waals surface area contributed by atoms with E-state index in [1.54, 1.807) is 0 Å². The van der Waals surface area contributed by atoms with Gasteiger partial charge in [0.15, 0.2) is 5.82 Å². The summed E-state index contributed by atoms with van der Waals surface area (Å²) >= 11 is 0. The molecule has 1 aliphatic carbocycles. The van der Waals surface area contributed by atoms with Gasteiger partial charge in [0.2, 0.25) is 0 Å². The molecule has 21 heavy (non-hydrogen) atoms. The van der Waals surface area contributed by atoms with Crippen molar-refractivity contribution in [1.82, 2.24) is 9.97 Å². The lowest BCUT2D eigenvalue weighted by Crippen LogP contribution is -2.24. The Balaban J connectivity index is 2.32. The maximum Gasteiger partial charge on any atom is 0.160 e. The van der Waals surface area contributed by atoms with Gasteiger partial charge in [0.25, 0.3) is 0 Å². The van der Waals surface area contributed by atoms with Crippen LogP contribution < -0.4 is 5.73 Å². The number of aromatic nitrogens is 2. The predicted molar refractivity (Wildman–Crippen MR) is 86.1 cm³/mol.